The number of esters is 1. The average molecular weight is 545 g/mol. The van der Waals surface area contributed by atoms with Crippen LogP contribution < -0.4 is 10.6 Å². The molecule has 2 aliphatic rings. The van der Waals surface area contributed by atoms with Gasteiger partial charge in [-0.15, -0.1) is 0 Å². The Bertz CT molecular complexity index is 1030. The summed E-state index contributed by atoms with van der Waals surface area (Å²) >= 11 is 0. The minimum absolute atomic E-state index is 0.00482. The second-order valence-electron chi connectivity index (χ2n) is 10.5. The van der Waals surface area contributed by atoms with E-state index in [-0.39, 0.29) is 25.2 Å². The van der Waals surface area contributed by atoms with Crippen LogP contribution in [0, 0.1) is 11.8 Å². The van der Waals surface area contributed by atoms with Crippen LogP contribution in [-0.4, -0.2) is 78.5 Å². The van der Waals surface area contributed by atoms with Gasteiger partial charge in [0.05, 0.1) is 13.0 Å². The van der Waals surface area contributed by atoms with Crippen LogP contribution in [0.25, 0.3) is 0 Å². The number of likely N-dealkylation sites (tertiary alicyclic amines) is 2. The van der Waals surface area contributed by atoms with Crippen molar-refractivity contribution in [3.05, 3.63) is 35.9 Å². The van der Waals surface area contributed by atoms with E-state index in [2.05, 4.69) is 10.6 Å². The van der Waals surface area contributed by atoms with Crippen molar-refractivity contribution in [1.82, 2.24) is 20.4 Å². The zero-order valence-electron chi connectivity index (χ0n) is 23.1. The fraction of sp³-hybridized carbons (Fsp3) is 0.607. The number of nitrogens with one attached hydrogen (secondary N) is 2. The molecule has 39 heavy (non-hydrogen) atoms. The molecule has 0 bridgehead atoms. The van der Waals surface area contributed by atoms with Crippen LogP contribution in [0.2, 0.25) is 0 Å². The number of hydrogen-bond acceptors (Lipinski definition) is 7. The van der Waals surface area contributed by atoms with E-state index in [1.54, 1.807) is 9.80 Å². The van der Waals surface area contributed by atoms with Crippen LogP contribution in [0.1, 0.15) is 57.9 Å². The maximum absolute atomic E-state index is 13.0. The first kappa shape index (κ1) is 29.9. The van der Waals surface area contributed by atoms with Crippen LogP contribution in [0.4, 0.5) is 4.79 Å². The lowest BCUT2D eigenvalue weighted by molar-refractivity contribution is -0.154. The molecule has 2 N–H and O–H groups in total. The van der Waals surface area contributed by atoms with E-state index in [9.17, 15) is 24.0 Å². The fourth-order valence-corrected chi connectivity index (χ4v) is 5.16. The van der Waals surface area contributed by atoms with Crippen molar-refractivity contribution in [2.45, 2.75) is 64.6 Å². The van der Waals surface area contributed by atoms with Gasteiger partial charge >= 0.3 is 12.1 Å². The highest BCUT2D eigenvalue weighted by atomic mass is 16.6. The lowest BCUT2D eigenvalue weighted by Crippen LogP contribution is -2.65. The number of nitrogens with zero attached hydrogens (tertiary/aromatic N) is 2. The molecular weight excluding hydrogens is 504 g/mol. The average Bonchev–Trinajstić information content (AvgIpc) is 2.94. The van der Waals surface area contributed by atoms with Crippen molar-refractivity contribution in [3.8, 4) is 0 Å². The molecule has 2 fully saturated rings. The molecule has 2 saturated heterocycles. The first-order chi connectivity index (χ1) is 18.6. The van der Waals surface area contributed by atoms with Crippen molar-refractivity contribution in [1.29, 1.82) is 0 Å². The molecule has 11 nitrogen and oxygen atoms in total. The second kappa shape index (κ2) is 14.0. The summed E-state index contributed by atoms with van der Waals surface area (Å²) < 4.78 is 10.2. The maximum atomic E-state index is 13.0. The van der Waals surface area contributed by atoms with Gasteiger partial charge in [0.25, 0.3) is 0 Å². The van der Waals surface area contributed by atoms with E-state index in [4.69, 9.17) is 9.47 Å². The Morgan fingerprint density at radius 3 is 2.31 bits per heavy atom. The van der Waals surface area contributed by atoms with Crippen LogP contribution in [-0.2, 0) is 35.3 Å². The van der Waals surface area contributed by atoms with Crippen molar-refractivity contribution in [2.75, 3.05) is 33.3 Å². The van der Waals surface area contributed by atoms with E-state index in [0.717, 1.165) is 24.8 Å². The number of hydrogen-bond donors (Lipinski definition) is 2. The number of benzene rings is 1. The zero-order valence-corrected chi connectivity index (χ0v) is 23.1. The summed E-state index contributed by atoms with van der Waals surface area (Å²) in [5.41, 5.74) is -0.742. The summed E-state index contributed by atoms with van der Waals surface area (Å²) in [5.74, 6) is -1.85. The monoisotopic (exact) mass is 544 g/mol. The van der Waals surface area contributed by atoms with Crippen molar-refractivity contribution in [3.63, 3.8) is 0 Å². The number of carbonyl (C=O) groups is 5. The number of amides is 4. The highest BCUT2D eigenvalue weighted by Crippen LogP contribution is 2.25. The number of methoxy groups -OCH3 is 1. The zero-order chi connectivity index (χ0) is 28.4. The van der Waals surface area contributed by atoms with E-state index in [1.165, 1.54) is 21.0 Å². The predicted octanol–water partition coefficient (Wildman–Crippen LogP) is 2.20. The lowest BCUT2D eigenvalue weighted by atomic mass is 9.91. The van der Waals surface area contributed by atoms with Gasteiger partial charge in [0, 0.05) is 39.5 Å². The molecule has 2 atom stereocenters. The third kappa shape index (κ3) is 8.69. The first-order valence-corrected chi connectivity index (χ1v) is 13.5. The summed E-state index contributed by atoms with van der Waals surface area (Å²) in [4.78, 5) is 65.5. The Kier molecular flexibility index (Phi) is 10.7. The Labute approximate surface area is 229 Å². The number of rotatable bonds is 9. The van der Waals surface area contributed by atoms with Crippen molar-refractivity contribution in [2.24, 2.45) is 11.8 Å². The van der Waals surface area contributed by atoms with E-state index in [1.807, 2.05) is 30.3 Å². The summed E-state index contributed by atoms with van der Waals surface area (Å²) in [7, 11) is 1.18. The molecule has 0 unspecified atom stereocenters. The van der Waals surface area contributed by atoms with Crippen LogP contribution in [0.5, 0.6) is 0 Å². The van der Waals surface area contributed by atoms with E-state index < -0.39 is 29.4 Å². The molecule has 0 radical (unpaired) electrons. The van der Waals surface area contributed by atoms with E-state index in [0.29, 0.717) is 44.8 Å². The van der Waals surface area contributed by atoms with E-state index >= 15 is 0 Å². The molecule has 0 aromatic heterocycles. The first-order valence-electron chi connectivity index (χ1n) is 13.5. The van der Waals surface area contributed by atoms with Crippen molar-refractivity contribution < 1.29 is 33.4 Å². The minimum Gasteiger partial charge on any atom is -0.466 e. The smallest absolute Gasteiger partial charge is 0.410 e. The Balaban J connectivity index is 1.41. The molecule has 0 saturated carbocycles. The molecular formula is C28H40N4O7. The van der Waals surface area contributed by atoms with Gasteiger partial charge in [-0.2, -0.15) is 0 Å². The Morgan fingerprint density at radius 2 is 1.67 bits per heavy atom. The maximum Gasteiger partial charge on any atom is 0.410 e. The van der Waals surface area contributed by atoms with Gasteiger partial charge in [0.1, 0.15) is 6.61 Å². The molecule has 1 aromatic carbocycles. The molecule has 0 spiro atoms. The second-order valence-corrected chi connectivity index (χ2v) is 10.5. The van der Waals surface area contributed by atoms with Gasteiger partial charge in [-0.3, -0.25) is 14.4 Å². The molecule has 214 valence electrons. The third-order valence-electron chi connectivity index (χ3n) is 7.38. The Morgan fingerprint density at radius 1 is 0.974 bits per heavy atom. The van der Waals surface area contributed by atoms with Gasteiger partial charge in [-0.1, -0.05) is 30.3 Å². The number of piperidine rings is 2. The van der Waals surface area contributed by atoms with Gasteiger partial charge in [-0.25, -0.2) is 9.59 Å². The topological polar surface area (TPSA) is 134 Å². The standard InChI is InChI=1S/C28H40N4O7/c1-20(33)29-28(2,26(36)38-3)30-25(35)23-10-7-15-32(18-23)24(34)12-11-21-13-16-31(17-14-21)27(37)39-19-22-8-5-4-6-9-22/h4-6,8-9,21,23H,7,10-19H2,1-3H3,(H,29,33)(H,30,35)/t23-,28+/m1/s1. The van der Waals surface area contributed by atoms with Gasteiger partial charge in [0.15, 0.2) is 0 Å². The van der Waals surface area contributed by atoms with Gasteiger partial charge < -0.3 is 29.9 Å². The largest absolute Gasteiger partial charge is 0.466 e. The highest BCUT2D eigenvalue weighted by molar-refractivity contribution is 5.92. The fourth-order valence-electron chi connectivity index (χ4n) is 5.16. The molecule has 11 heteroatoms. The quantitative estimate of drug-likeness (QED) is 0.360. The molecule has 2 aliphatic heterocycles. The molecule has 4 amide bonds. The summed E-state index contributed by atoms with van der Waals surface area (Å²) in [6, 6.07) is 9.56. The predicted molar refractivity (Wildman–Crippen MR) is 142 cm³/mol. The molecule has 0 aliphatic carbocycles. The van der Waals surface area contributed by atoms with Crippen LogP contribution in [0.3, 0.4) is 0 Å². The molecule has 3 rings (SSSR count). The SMILES string of the molecule is COC(=O)[C@@](C)(NC(C)=O)NC(=O)[C@@H]1CCCN(C(=O)CCC2CCN(C(=O)OCc3ccccc3)CC2)C1. The van der Waals surface area contributed by atoms with Crippen LogP contribution >= 0.6 is 0 Å². The van der Waals surface area contributed by atoms with Gasteiger partial charge in [-0.05, 0) is 50.5 Å². The minimum atomic E-state index is -1.69. The van der Waals surface area contributed by atoms with Crippen LogP contribution in [0.15, 0.2) is 30.3 Å². The normalized spacial score (nSPS) is 19.4. The summed E-state index contributed by atoms with van der Waals surface area (Å²) in [5, 5.41) is 5.03. The third-order valence-corrected chi connectivity index (χ3v) is 7.38. The van der Waals surface area contributed by atoms with Crippen molar-refractivity contribution >= 4 is 29.8 Å². The molecule has 2 heterocycles. The number of carbonyl (C=O) groups excluding carboxylic acids is 5. The van der Waals surface area contributed by atoms with Gasteiger partial charge in [0.2, 0.25) is 23.4 Å². The Hall–Kier alpha value is -3.63. The lowest BCUT2D eigenvalue weighted by Gasteiger charge is -2.35. The summed E-state index contributed by atoms with van der Waals surface area (Å²) in [6.45, 7) is 4.91. The highest BCUT2D eigenvalue weighted by Gasteiger charge is 2.40. The molecule has 1 aromatic rings. The number of ether oxygens (including phenoxy) is 2. The summed E-state index contributed by atoms with van der Waals surface area (Å²) in [6.07, 6.45) is 3.66.